The molecule has 2 N–H and O–H groups in total. The third-order valence-corrected chi connectivity index (χ3v) is 3.34. The summed E-state index contributed by atoms with van der Waals surface area (Å²) in [5.41, 5.74) is 8.71. The van der Waals surface area contributed by atoms with Gasteiger partial charge in [0.25, 0.3) is 0 Å². The number of pyridine rings is 1. The Kier molecular flexibility index (Phi) is 3.17. The van der Waals surface area contributed by atoms with Gasteiger partial charge in [-0.1, -0.05) is 24.3 Å². The molecule has 0 amide bonds. The number of ether oxygens (including phenoxy) is 1. The van der Waals surface area contributed by atoms with Crippen molar-refractivity contribution in [2.24, 2.45) is 0 Å². The average Bonchev–Trinajstić information content (AvgIpc) is 2.52. The SMILES string of the molecule is Cc1cccc(Oc2c(C#N)cnc3ccccc23)c1N. The van der Waals surface area contributed by atoms with Gasteiger partial charge in [0, 0.05) is 11.6 Å². The summed E-state index contributed by atoms with van der Waals surface area (Å²) in [6.45, 7) is 1.91. The van der Waals surface area contributed by atoms with Gasteiger partial charge in [0.05, 0.1) is 11.2 Å². The third kappa shape index (κ3) is 2.26. The van der Waals surface area contributed by atoms with E-state index in [1.54, 1.807) is 6.07 Å². The summed E-state index contributed by atoms with van der Waals surface area (Å²) in [5.74, 6) is 1.03. The largest absolute Gasteiger partial charge is 0.453 e. The Balaban J connectivity index is 2.20. The van der Waals surface area contributed by atoms with Crippen LogP contribution in [0.15, 0.2) is 48.7 Å². The van der Waals surface area contributed by atoms with Crippen molar-refractivity contribution in [2.75, 3.05) is 5.73 Å². The Morgan fingerprint density at radius 1 is 1.14 bits per heavy atom. The lowest BCUT2D eigenvalue weighted by molar-refractivity contribution is 0.488. The molecule has 0 spiro atoms. The van der Waals surface area contributed by atoms with E-state index in [0.717, 1.165) is 16.5 Å². The van der Waals surface area contributed by atoms with Crippen molar-refractivity contribution in [1.82, 2.24) is 4.98 Å². The van der Waals surface area contributed by atoms with E-state index in [4.69, 9.17) is 10.5 Å². The van der Waals surface area contributed by atoms with Crippen LogP contribution in [-0.2, 0) is 0 Å². The number of nitrogen functional groups attached to an aromatic ring is 1. The Hall–Kier alpha value is -3.06. The fourth-order valence-corrected chi connectivity index (χ4v) is 2.16. The fourth-order valence-electron chi connectivity index (χ4n) is 2.16. The van der Waals surface area contributed by atoms with Crippen LogP contribution in [0.3, 0.4) is 0 Å². The number of nitriles is 1. The van der Waals surface area contributed by atoms with Crippen molar-refractivity contribution < 1.29 is 4.74 Å². The second-order valence-corrected chi connectivity index (χ2v) is 4.72. The van der Waals surface area contributed by atoms with E-state index in [1.165, 1.54) is 6.20 Å². The first-order chi connectivity index (χ1) is 10.2. The standard InChI is InChI=1S/C17H13N3O/c1-11-5-4-8-15(16(11)19)21-17-12(9-18)10-20-14-7-3-2-6-13(14)17/h2-8,10H,19H2,1H3. The molecule has 0 aliphatic carbocycles. The van der Waals surface area contributed by atoms with Crippen molar-refractivity contribution in [3.63, 3.8) is 0 Å². The average molecular weight is 275 g/mol. The van der Waals surface area contributed by atoms with Gasteiger partial charge in [0.2, 0.25) is 0 Å². The summed E-state index contributed by atoms with van der Waals surface area (Å²) in [6.07, 6.45) is 1.52. The maximum Gasteiger partial charge on any atom is 0.156 e. The Bertz CT molecular complexity index is 866. The predicted molar refractivity (Wildman–Crippen MR) is 82.1 cm³/mol. The van der Waals surface area contributed by atoms with Crippen LogP contribution in [0.2, 0.25) is 0 Å². The van der Waals surface area contributed by atoms with Crippen molar-refractivity contribution in [3.8, 4) is 17.6 Å². The van der Waals surface area contributed by atoms with Crippen LogP contribution in [0.25, 0.3) is 10.9 Å². The van der Waals surface area contributed by atoms with E-state index in [2.05, 4.69) is 11.1 Å². The maximum absolute atomic E-state index is 9.28. The number of anilines is 1. The van der Waals surface area contributed by atoms with Gasteiger partial charge in [-0.05, 0) is 30.7 Å². The molecule has 3 aromatic rings. The van der Waals surface area contributed by atoms with Crippen molar-refractivity contribution in [2.45, 2.75) is 6.92 Å². The smallest absolute Gasteiger partial charge is 0.156 e. The molecule has 2 aromatic carbocycles. The number of nitrogens with zero attached hydrogens (tertiary/aromatic N) is 2. The molecule has 0 radical (unpaired) electrons. The van der Waals surface area contributed by atoms with Gasteiger partial charge in [0.1, 0.15) is 11.6 Å². The van der Waals surface area contributed by atoms with Crippen molar-refractivity contribution in [3.05, 3.63) is 59.8 Å². The second kappa shape index (κ2) is 5.14. The Morgan fingerprint density at radius 2 is 1.95 bits per heavy atom. The first-order valence-corrected chi connectivity index (χ1v) is 6.51. The zero-order chi connectivity index (χ0) is 14.8. The molecule has 0 unspecified atom stereocenters. The molecule has 0 saturated carbocycles. The van der Waals surface area contributed by atoms with Crippen LogP contribution in [0.4, 0.5) is 5.69 Å². The molecule has 0 aliphatic heterocycles. The van der Waals surface area contributed by atoms with Gasteiger partial charge in [0.15, 0.2) is 11.5 Å². The van der Waals surface area contributed by atoms with Crippen LogP contribution in [0.5, 0.6) is 11.5 Å². The van der Waals surface area contributed by atoms with E-state index in [-0.39, 0.29) is 0 Å². The molecule has 21 heavy (non-hydrogen) atoms. The molecular formula is C17H13N3O. The topological polar surface area (TPSA) is 71.9 Å². The number of aromatic nitrogens is 1. The van der Waals surface area contributed by atoms with Gasteiger partial charge < -0.3 is 10.5 Å². The van der Waals surface area contributed by atoms with E-state index < -0.39 is 0 Å². The molecule has 4 nitrogen and oxygen atoms in total. The highest BCUT2D eigenvalue weighted by molar-refractivity contribution is 5.87. The number of hydrogen-bond donors (Lipinski definition) is 1. The van der Waals surface area contributed by atoms with Gasteiger partial charge in [-0.3, -0.25) is 4.98 Å². The Morgan fingerprint density at radius 3 is 2.76 bits per heavy atom. The molecule has 4 heteroatoms. The highest BCUT2D eigenvalue weighted by Crippen LogP contribution is 2.35. The maximum atomic E-state index is 9.28. The van der Waals surface area contributed by atoms with Crippen LogP contribution < -0.4 is 10.5 Å². The minimum Gasteiger partial charge on any atom is -0.453 e. The number of aryl methyl sites for hydroxylation is 1. The first kappa shape index (κ1) is 12.9. The summed E-state index contributed by atoms with van der Waals surface area (Å²) in [4.78, 5) is 4.26. The van der Waals surface area contributed by atoms with Gasteiger partial charge in [-0.25, -0.2) is 0 Å². The molecule has 102 valence electrons. The van der Waals surface area contributed by atoms with Crippen molar-refractivity contribution in [1.29, 1.82) is 5.26 Å². The Labute approximate surface area is 122 Å². The summed E-state index contributed by atoms with van der Waals surface area (Å²) in [7, 11) is 0. The number of para-hydroxylation sites is 2. The number of rotatable bonds is 2. The number of fused-ring (bicyclic) bond motifs is 1. The molecule has 0 saturated heterocycles. The van der Waals surface area contributed by atoms with E-state index in [9.17, 15) is 5.26 Å². The zero-order valence-corrected chi connectivity index (χ0v) is 11.5. The van der Waals surface area contributed by atoms with Crippen LogP contribution in [0, 0.1) is 18.3 Å². The number of benzene rings is 2. The lowest BCUT2D eigenvalue weighted by atomic mass is 10.1. The van der Waals surface area contributed by atoms with Gasteiger partial charge >= 0.3 is 0 Å². The highest BCUT2D eigenvalue weighted by atomic mass is 16.5. The molecule has 0 bridgehead atoms. The van der Waals surface area contributed by atoms with Gasteiger partial charge in [-0.15, -0.1) is 0 Å². The molecule has 0 fully saturated rings. The normalized spacial score (nSPS) is 10.3. The lowest BCUT2D eigenvalue weighted by Gasteiger charge is -2.13. The highest BCUT2D eigenvalue weighted by Gasteiger charge is 2.13. The quantitative estimate of drug-likeness (QED) is 0.722. The molecule has 3 rings (SSSR count). The number of hydrogen-bond acceptors (Lipinski definition) is 4. The predicted octanol–water partition coefficient (Wildman–Crippen LogP) is 3.79. The molecular weight excluding hydrogens is 262 g/mol. The molecule has 0 aliphatic rings. The van der Waals surface area contributed by atoms with E-state index >= 15 is 0 Å². The second-order valence-electron chi connectivity index (χ2n) is 4.72. The van der Waals surface area contributed by atoms with Crippen LogP contribution in [0.1, 0.15) is 11.1 Å². The summed E-state index contributed by atoms with van der Waals surface area (Å²) < 4.78 is 5.94. The van der Waals surface area contributed by atoms with Gasteiger partial charge in [-0.2, -0.15) is 5.26 Å². The minimum absolute atomic E-state index is 0.384. The van der Waals surface area contributed by atoms with E-state index in [0.29, 0.717) is 22.7 Å². The number of nitrogens with two attached hydrogens (primary N) is 1. The fraction of sp³-hybridized carbons (Fsp3) is 0.0588. The summed E-state index contributed by atoms with van der Waals surface area (Å²) >= 11 is 0. The summed E-state index contributed by atoms with van der Waals surface area (Å²) in [6, 6.07) is 15.2. The molecule has 1 heterocycles. The van der Waals surface area contributed by atoms with Crippen LogP contribution >= 0.6 is 0 Å². The zero-order valence-electron chi connectivity index (χ0n) is 11.5. The third-order valence-electron chi connectivity index (χ3n) is 3.34. The van der Waals surface area contributed by atoms with Crippen LogP contribution in [-0.4, -0.2) is 4.98 Å². The van der Waals surface area contributed by atoms with Crippen molar-refractivity contribution >= 4 is 16.6 Å². The molecule has 0 atom stereocenters. The summed E-state index contributed by atoms with van der Waals surface area (Å²) in [5, 5.41) is 10.1. The first-order valence-electron chi connectivity index (χ1n) is 6.51. The lowest BCUT2D eigenvalue weighted by Crippen LogP contribution is -1.97. The van der Waals surface area contributed by atoms with E-state index in [1.807, 2.05) is 43.3 Å². The monoisotopic (exact) mass is 275 g/mol. The minimum atomic E-state index is 0.384. The molecule has 1 aromatic heterocycles.